The third-order valence-corrected chi connectivity index (χ3v) is 2.76. The predicted octanol–water partition coefficient (Wildman–Crippen LogP) is 1.55. The Kier molecular flexibility index (Phi) is 9.64. The van der Waals surface area contributed by atoms with E-state index in [0.29, 0.717) is 19.1 Å². The fourth-order valence-corrected chi connectivity index (χ4v) is 1.80. The van der Waals surface area contributed by atoms with Crippen molar-refractivity contribution in [2.75, 3.05) is 26.3 Å². The molecule has 18 heavy (non-hydrogen) atoms. The molecule has 0 bridgehead atoms. The molecule has 0 aliphatic carbocycles. The van der Waals surface area contributed by atoms with Gasteiger partial charge in [0.05, 0.1) is 18.3 Å². The van der Waals surface area contributed by atoms with Crippen LogP contribution in [0.1, 0.15) is 47.0 Å². The SMILES string of the molecule is CCCC(CCO)CNCC(O)COC(C)(C)C. The first kappa shape index (κ1) is 17.8. The van der Waals surface area contributed by atoms with Crippen LogP contribution in [-0.2, 0) is 4.74 Å². The van der Waals surface area contributed by atoms with Gasteiger partial charge in [-0.3, -0.25) is 0 Å². The Morgan fingerprint density at radius 2 is 1.83 bits per heavy atom. The average molecular weight is 261 g/mol. The van der Waals surface area contributed by atoms with E-state index in [4.69, 9.17) is 9.84 Å². The molecule has 0 aromatic rings. The molecule has 0 aliphatic heterocycles. The van der Waals surface area contributed by atoms with Gasteiger partial charge in [-0.2, -0.15) is 0 Å². The van der Waals surface area contributed by atoms with Gasteiger partial charge in [-0.15, -0.1) is 0 Å². The normalized spacial score (nSPS) is 15.7. The Hall–Kier alpha value is -0.160. The molecule has 0 aliphatic rings. The second-order valence-corrected chi connectivity index (χ2v) is 5.90. The molecule has 0 aromatic heterocycles. The third-order valence-electron chi connectivity index (χ3n) is 2.76. The molecule has 0 rings (SSSR count). The maximum absolute atomic E-state index is 9.75. The number of hydrogen-bond acceptors (Lipinski definition) is 4. The minimum atomic E-state index is -0.472. The van der Waals surface area contributed by atoms with Gasteiger partial charge in [0, 0.05) is 13.2 Å². The Morgan fingerprint density at radius 1 is 1.17 bits per heavy atom. The van der Waals surface area contributed by atoms with E-state index in [9.17, 15) is 5.11 Å². The number of ether oxygens (including phenoxy) is 1. The van der Waals surface area contributed by atoms with Gasteiger partial charge < -0.3 is 20.3 Å². The summed E-state index contributed by atoms with van der Waals surface area (Å²) in [7, 11) is 0. The van der Waals surface area contributed by atoms with Crippen LogP contribution in [0.15, 0.2) is 0 Å². The zero-order valence-corrected chi connectivity index (χ0v) is 12.4. The summed E-state index contributed by atoms with van der Waals surface area (Å²) in [4.78, 5) is 0. The molecule has 110 valence electrons. The first-order valence-electron chi connectivity index (χ1n) is 7.02. The van der Waals surface area contributed by atoms with E-state index < -0.39 is 6.10 Å². The Balaban J connectivity index is 3.67. The molecule has 3 N–H and O–H groups in total. The van der Waals surface area contributed by atoms with Crippen LogP contribution in [0.5, 0.6) is 0 Å². The van der Waals surface area contributed by atoms with Crippen LogP contribution < -0.4 is 5.32 Å². The molecule has 0 aromatic carbocycles. The average Bonchev–Trinajstić information content (AvgIpc) is 2.26. The zero-order chi connectivity index (χ0) is 14.0. The Morgan fingerprint density at radius 3 is 2.33 bits per heavy atom. The summed E-state index contributed by atoms with van der Waals surface area (Å²) >= 11 is 0. The van der Waals surface area contributed by atoms with Crippen molar-refractivity contribution >= 4 is 0 Å². The van der Waals surface area contributed by atoms with Gasteiger partial charge in [0.15, 0.2) is 0 Å². The highest BCUT2D eigenvalue weighted by atomic mass is 16.5. The number of hydrogen-bond donors (Lipinski definition) is 3. The number of aliphatic hydroxyl groups is 2. The van der Waals surface area contributed by atoms with Crippen LogP contribution in [0.4, 0.5) is 0 Å². The molecule has 0 saturated carbocycles. The van der Waals surface area contributed by atoms with Crippen LogP contribution >= 0.6 is 0 Å². The lowest BCUT2D eigenvalue weighted by Crippen LogP contribution is -2.36. The van der Waals surface area contributed by atoms with Gasteiger partial charge in [-0.25, -0.2) is 0 Å². The molecule has 2 atom stereocenters. The monoisotopic (exact) mass is 261 g/mol. The number of nitrogens with one attached hydrogen (secondary N) is 1. The van der Waals surface area contributed by atoms with Crippen LogP contribution in [0.25, 0.3) is 0 Å². The second-order valence-electron chi connectivity index (χ2n) is 5.90. The summed E-state index contributed by atoms with van der Waals surface area (Å²) in [5.41, 5.74) is -0.206. The maximum atomic E-state index is 9.75. The van der Waals surface area contributed by atoms with E-state index >= 15 is 0 Å². The van der Waals surface area contributed by atoms with E-state index in [-0.39, 0.29) is 12.2 Å². The molecule has 0 radical (unpaired) electrons. The van der Waals surface area contributed by atoms with Crippen molar-refractivity contribution < 1.29 is 14.9 Å². The van der Waals surface area contributed by atoms with E-state index in [0.717, 1.165) is 25.8 Å². The molecule has 0 saturated heterocycles. The number of aliphatic hydroxyl groups excluding tert-OH is 2. The van der Waals surface area contributed by atoms with Gasteiger partial charge in [-0.1, -0.05) is 13.3 Å². The first-order chi connectivity index (χ1) is 8.39. The minimum Gasteiger partial charge on any atom is -0.396 e. The highest BCUT2D eigenvalue weighted by molar-refractivity contribution is 4.67. The topological polar surface area (TPSA) is 61.7 Å². The summed E-state index contributed by atoms with van der Waals surface area (Å²) in [6.07, 6.45) is 2.60. The quantitative estimate of drug-likeness (QED) is 0.558. The fraction of sp³-hybridized carbons (Fsp3) is 1.00. The van der Waals surface area contributed by atoms with Crippen LogP contribution in [0, 0.1) is 5.92 Å². The summed E-state index contributed by atoms with van der Waals surface area (Å²) in [6.45, 7) is 10.1. The molecule has 4 heteroatoms. The van der Waals surface area contributed by atoms with Gasteiger partial charge in [-0.05, 0) is 46.1 Å². The largest absolute Gasteiger partial charge is 0.396 e. The molecule has 2 unspecified atom stereocenters. The summed E-state index contributed by atoms with van der Waals surface area (Å²) < 4.78 is 5.51. The highest BCUT2D eigenvalue weighted by Crippen LogP contribution is 2.09. The third kappa shape index (κ3) is 11.0. The predicted molar refractivity (Wildman–Crippen MR) is 74.7 cm³/mol. The van der Waals surface area contributed by atoms with Gasteiger partial charge >= 0.3 is 0 Å². The van der Waals surface area contributed by atoms with Crippen molar-refractivity contribution in [1.29, 1.82) is 0 Å². The smallest absolute Gasteiger partial charge is 0.0897 e. The highest BCUT2D eigenvalue weighted by Gasteiger charge is 2.14. The van der Waals surface area contributed by atoms with Crippen molar-refractivity contribution in [2.45, 2.75) is 58.7 Å². The van der Waals surface area contributed by atoms with Crippen molar-refractivity contribution in [3.05, 3.63) is 0 Å². The van der Waals surface area contributed by atoms with Crippen LogP contribution in [-0.4, -0.2) is 48.2 Å². The first-order valence-corrected chi connectivity index (χ1v) is 7.02. The lowest BCUT2D eigenvalue weighted by atomic mass is 10.0. The molecular weight excluding hydrogens is 230 g/mol. The summed E-state index contributed by atoms with van der Waals surface area (Å²) in [6, 6.07) is 0. The zero-order valence-electron chi connectivity index (χ0n) is 12.4. The molecule has 4 nitrogen and oxygen atoms in total. The molecular formula is C14H31NO3. The standard InChI is InChI=1S/C14H31NO3/c1-5-6-12(7-8-16)9-15-10-13(17)11-18-14(2,3)4/h12-13,15-17H,5-11H2,1-4H3. The molecule has 0 amide bonds. The van der Waals surface area contributed by atoms with E-state index in [1.54, 1.807) is 0 Å². The van der Waals surface area contributed by atoms with E-state index in [2.05, 4.69) is 12.2 Å². The van der Waals surface area contributed by atoms with Crippen LogP contribution in [0.2, 0.25) is 0 Å². The Bertz CT molecular complexity index is 186. The Labute approximate surface area is 112 Å². The van der Waals surface area contributed by atoms with Crippen molar-refractivity contribution in [1.82, 2.24) is 5.32 Å². The van der Waals surface area contributed by atoms with Gasteiger partial charge in [0.2, 0.25) is 0 Å². The lowest BCUT2D eigenvalue weighted by Gasteiger charge is -2.23. The van der Waals surface area contributed by atoms with Crippen molar-refractivity contribution in [3.8, 4) is 0 Å². The lowest BCUT2D eigenvalue weighted by molar-refractivity contribution is -0.0480. The molecule has 0 heterocycles. The number of rotatable bonds is 10. The summed E-state index contributed by atoms with van der Waals surface area (Å²) in [5, 5.41) is 21.9. The molecule has 0 spiro atoms. The van der Waals surface area contributed by atoms with Crippen LogP contribution in [0.3, 0.4) is 0 Å². The van der Waals surface area contributed by atoms with E-state index in [1.165, 1.54) is 0 Å². The molecule has 0 fully saturated rings. The van der Waals surface area contributed by atoms with Gasteiger partial charge in [0.1, 0.15) is 0 Å². The van der Waals surface area contributed by atoms with Gasteiger partial charge in [0.25, 0.3) is 0 Å². The van der Waals surface area contributed by atoms with Crippen molar-refractivity contribution in [2.24, 2.45) is 5.92 Å². The van der Waals surface area contributed by atoms with Crippen molar-refractivity contribution in [3.63, 3.8) is 0 Å². The maximum Gasteiger partial charge on any atom is 0.0897 e. The fourth-order valence-electron chi connectivity index (χ4n) is 1.80. The summed E-state index contributed by atoms with van der Waals surface area (Å²) in [5.74, 6) is 0.496. The van der Waals surface area contributed by atoms with E-state index in [1.807, 2.05) is 20.8 Å². The second kappa shape index (κ2) is 9.73. The minimum absolute atomic E-state index is 0.206.